The molecule has 0 radical (unpaired) electrons. The largest absolute Gasteiger partial charge is 0.362 e. The molecule has 0 aliphatic carbocycles. The monoisotopic (exact) mass is 275 g/mol. The lowest BCUT2D eigenvalue weighted by molar-refractivity contribution is -0.133. The average molecular weight is 275 g/mol. The first-order valence-corrected chi connectivity index (χ1v) is 7.01. The number of likely N-dealkylation sites (N-methyl/N-ethyl adjacent to an activating group) is 1. The molecule has 2 amide bonds. The summed E-state index contributed by atoms with van der Waals surface area (Å²) in [7, 11) is 0. The number of carbonyl (C=O) groups excluding carboxylic acids is 2. The van der Waals surface area contributed by atoms with E-state index in [2.05, 4.69) is 4.90 Å². The molecule has 1 aromatic rings. The van der Waals surface area contributed by atoms with Gasteiger partial charge in [-0.25, -0.2) is 0 Å². The normalized spacial score (nSPS) is 15.1. The SMILES string of the molecule is CCN(CC(=O)N1CCN(C=O)CC1)c1ccccc1. The molecular formula is C15H21N3O2. The van der Waals surface area contributed by atoms with E-state index in [0.717, 1.165) is 18.6 Å². The molecule has 1 heterocycles. The van der Waals surface area contributed by atoms with E-state index in [1.165, 1.54) is 0 Å². The van der Waals surface area contributed by atoms with E-state index in [0.29, 0.717) is 32.7 Å². The summed E-state index contributed by atoms with van der Waals surface area (Å²) >= 11 is 0. The van der Waals surface area contributed by atoms with Crippen molar-refractivity contribution in [1.29, 1.82) is 0 Å². The minimum absolute atomic E-state index is 0.126. The van der Waals surface area contributed by atoms with E-state index in [9.17, 15) is 9.59 Å². The van der Waals surface area contributed by atoms with Gasteiger partial charge in [-0.15, -0.1) is 0 Å². The van der Waals surface area contributed by atoms with Crippen molar-refractivity contribution in [2.75, 3.05) is 44.2 Å². The summed E-state index contributed by atoms with van der Waals surface area (Å²) in [6.07, 6.45) is 0.851. The highest BCUT2D eigenvalue weighted by atomic mass is 16.2. The molecule has 2 rings (SSSR count). The molecule has 0 spiro atoms. The number of hydrogen-bond acceptors (Lipinski definition) is 3. The topological polar surface area (TPSA) is 43.9 Å². The molecule has 0 unspecified atom stereocenters. The summed E-state index contributed by atoms with van der Waals surface area (Å²) < 4.78 is 0. The molecule has 0 saturated carbocycles. The standard InChI is InChI=1S/C15H21N3O2/c1-2-17(14-6-4-3-5-7-14)12-15(20)18-10-8-16(13-19)9-11-18/h3-7,13H,2,8-12H2,1H3. The first kappa shape index (κ1) is 14.4. The van der Waals surface area contributed by atoms with Gasteiger partial charge < -0.3 is 14.7 Å². The molecule has 1 aliphatic heterocycles. The van der Waals surface area contributed by atoms with E-state index in [1.54, 1.807) is 4.90 Å². The summed E-state index contributed by atoms with van der Waals surface area (Å²) in [6.45, 7) is 5.75. The van der Waals surface area contributed by atoms with E-state index in [-0.39, 0.29) is 5.91 Å². The maximum Gasteiger partial charge on any atom is 0.242 e. The van der Waals surface area contributed by atoms with E-state index < -0.39 is 0 Å². The van der Waals surface area contributed by atoms with Crippen LogP contribution in [-0.2, 0) is 9.59 Å². The number of nitrogens with zero attached hydrogens (tertiary/aromatic N) is 3. The maximum absolute atomic E-state index is 12.3. The van der Waals surface area contributed by atoms with Crippen molar-refractivity contribution in [3.8, 4) is 0 Å². The third-order valence-electron chi connectivity index (χ3n) is 3.65. The van der Waals surface area contributed by atoms with Gasteiger partial charge in [-0.3, -0.25) is 9.59 Å². The molecule has 0 bridgehead atoms. The van der Waals surface area contributed by atoms with Gasteiger partial charge in [-0.05, 0) is 19.1 Å². The number of benzene rings is 1. The van der Waals surface area contributed by atoms with Crippen molar-refractivity contribution < 1.29 is 9.59 Å². The number of carbonyl (C=O) groups is 2. The van der Waals surface area contributed by atoms with Gasteiger partial charge in [0.05, 0.1) is 6.54 Å². The van der Waals surface area contributed by atoms with Crippen LogP contribution >= 0.6 is 0 Å². The van der Waals surface area contributed by atoms with Crippen molar-refractivity contribution >= 4 is 18.0 Å². The lowest BCUT2D eigenvalue weighted by Gasteiger charge is -2.34. The van der Waals surface area contributed by atoms with Crippen LogP contribution in [0.25, 0.3) is 0 Å². The number of anilines is 1. The second kappa shape index (κ2) is 6.93. The van der Waals surface area contributed by atoms with Crippen LogP contribution in [0.2, 0.25) is 0 Å². The smallest absolute Gasteiger partial charge is 0.242 e. The lowest BCUT2D eigenvalue weighted by atomic mass is 10.2. The van der Waals surface area contributed by atoms with Crippen molar-refractivity contribution in [1.82, 2.24) is 9.80 Å². The van der Waals surface area contributed by atoms with Gasteiger partial charge in [-0.1, -0.05) is 18.2 Å². The molecule has 1 fully saturated rings. The number of amides is 2. The minimum atomic E-state index is 0.126. The third-order valence-corrected chi connectivity index (χ3v) is 3.65. The van der Waals surface area contributed by atoms with Crippen molar-refractivity contribution in [3.63, 3.8) is 0 Å². The van der Waals surface area contributed by atoms with Crippen LogP contribution in [0, 0.1) is 0 Å². The fraction of sp³-hybridized carbons (Fsp3) is 0.467. The van der Waals surface area contributed by atoms with Gasteiger partial charge in [0.2, 0.25) is 12.3 Å². The van der Waals surface area contributed by atoms with Crippen LogP contribution in [0.3, 0.4) is 0 Å². The highest BCUT2D eigenvalue weighted by Crippen LogP contribution is 2.13. The van der Waals surface area contributed by atoms with Gasteiger partial charge in [0.15, 0.2) is 0 Å². The van der Waals surface area contributed by atoms with Crippen LogP contribution in [0.1, 0.15) is 6.92 Å². The van der Waals surface area contributed by atoms with Crippen LogP contribution in [0.15, 0.2) is 30.3 Å². The zero-order valence-electron chi connectivity index (χ0n) is 11.9. The Morgan fingerprint density at radius 1 is 1.20 bits per heavy atom. The Morgan fingerprint density at radius 3 is 2.40 bits per heavy atom. The van der Waals surface area contributed by atoms with Crippen molar-refractivity contribution in [3.05, 3.63) is 30.3 Å². The molecule has 1 aliphatic rings. The highest BCUT2D eigenvalue weighted by molar-refractivity contribution is 5.81. The molecule has 1 aromatic carbocycles. The summed E-state index contributed by atoms with van der Waals surface area (Å²) in [4.78, 5) is 28.6. The van der Waals surface area contributed by atoms with Gasteiger partial charge >= 0.3 is 0 Å². The summed E-state index contributed by atoms with van der Waals surface area (Å²) in [5, 5.41) is 0. The molecular weight excluding hydrogens is 254 g/mol. The van der Waals surface area contributed by atoms with E-state index >= 15 is 0 Å². The quantitative estimate of drug-likeness (QED) is 0.747. The van der Waals surface area contributed by atoms with Gasteiger partial charge in [-0.2, -0.15) is 0 Å². The average Bonchev–Trinajstić information content (AvgIpc) is 2.53. The van der Waals surface area contributed by atoms with Crippen molar-refractivity contribution in [2.24, 2.45) is 0 Å². The molecule has 5 heteroatoms. The Balaban J connectivity index is 1.91. The molecule has 20 heavy (non-hydrogen) atoms. The molecule has 1 saturated heterocycles. The predicted molar refractivity (Wildman–Crippen MR) is 78.5 cm³/mol. The van der Waals surface area contributed by atoms with Crippen LogP contribution in [-0.4, -0.2) is 61.4 Å². The zero-order valence-corrected chi connectivity index (χ0v) is 11.9. The van der Waals surface area contributed by atoms with Gasteiger partial charge in [0, 0.05) is 38.4 Å². The summed E-state index contributed by atoms with van der Waals surface area (Å²) in [5.41, 5.74) is 1.06. The molecule has 0 N–H and O–H groups in total. The fourth-order valence-electron chi connectivity index (χ4n) is 2.36. The number of piperazine rings is 1. The second-order valence-corrected chi connectivity index (χ2v) is 4.87. The number of rotatable bonds is 5. The second-order valence-electron chi connectivity index (χ2n) is 4.87. The Hall–Kier alpha value is -2.04. The lowest BCUT2D eigenvalue weighted by Crippen LogP contribution is -2.50. The molecule has 0 aromatic heterocycles. The summed E-state index contributed by atoms with van der Waals surface area (Å²) in [5.74, 6) is 0.126. The molecule has 5 nitrogen and oxygen atoms in total. The van der Waals surface area contributed by atoms with Crippen molar-refractivity contribution in [2.45, 2.75) is 6.92 Å². The first-order valence-electron chi connectivity index (χ1n) is 7.01. The van der Waals surface area contributed by atoms with E-state index in [4.69, 9.17) is 0 Å². The van der Waals surface area contributed by atoms with Crippen LogP contribution in [0.5, 0.6) is 0 Å². The number of hydrogen-bond donors (Lipinski definition) is 0. The Bertz CT molecular complexity index is 442. The molecule has 0 atom stereocenters. The number of para-hydroxylation sites is 1. The van der Waals surface area contributed by atoms with Gasteiger partial charge in [0.25, 0.3) is 0 Å². The van der Waals surface area contributed by atoms with Crippen LogP contribution < -0.4 is 4.90 Å². The van der Waals surface area contributed by atoms with E-state index in [1.807, 2.05) is 42.2 Å². The van der Waals surface area contributed by atoms with Gasteiger partial charge in [0.1, 0.15) is 0 Å². The molecule has 108 valence electrons. The summed E-state index contributed by atoms with van der Waals surface area (Å²) in [6, 6.07) is 9.96. The highest BCUT2D eigenvalue weighted by Gasteiger charge is 2.21. The Labute approximate surface area is 119 Å². The third kappa shape index (κ3) is 3.50. The minimum Gasteiger partial charge on any atom is -0.362 e. The fourth-order valence-corrected chi connectivity index (χ4v) is 2.36. The maximum atomic E-state index is 12.3. The predicted octanol–water partition coefficient (Wildman–Crippen LogP) is 0.814. The zero-order chi connectivity index (χ0) is 14.4. The Kier molecular flexibility index (Phi) is 4.98. The Morgan fingerprint density at radius 2 is 1.85 bits per heavy atom. The van der Waals surface area contributed by atoms with Crippen LogP contribution in [0.4, 0.5) is 5.69 Å². The first-order chi connectivity index (χ1) is 9.74.